The van der Waals surface area contributed by atoms with E-state index in [1.165, 1.54) is 28.5 Å². The SMILES string of the molecule is Cc1ccc(CCc2nc(N3CCc4ccccc4C3)ncc2C(=O)O)cc1. The molecule has 0 saturated carbocycles. The molecule has 1 aliphatic rings. The Bertz CT molecular complexity index is 999. The second-order valence-corrected chi connectivity index (χ2v) is 7.26. The number of aromatic nitrogens is 2. The summed E-state index contributed by atoms with van der Waals surface area (Å²) in [5.74, 6) is -0.368. The van der Waals surface area contributed by atoms with Crippen molar-refractivity contribution in [1.82, 2.24) is 9.97 Å². The smallest absolute Gasteiger partial charge is 0.339 e. The molecular weight excluding hydrogens is 350 g/mol. The van der Waals surface area contributed by atoms with Crippen LogP contribution in [-0.4, -0.2) is 27.6 Å². The zero-order valence-electron chi connectivity index (χ0n) is 15.9. The lowest BCUT2D eigenvalue weighted by molar-refractivity contribution is 0.0694. The first-order valence-electron chi connectivity index (χ1n) is 9.56. The molecule has 4 rings (SSSR count). The molecule has 1 N–H and O–H groups in total. The Morgan fingerprint density at radius 2 is 1.82 bits per heavy atom. The van der Waals surface area contributed by atoms with Gasteiger partial charge in [-0.1, -0.05) is 54.1 Å². The van der Waals surface area contributed by atoms with E-state index in [1.807, 2.05) is 6.07 Å². The van der Waals surface area contributed by atoms with Gasteiger partial charge in [-0.2, -0.15) is 0 Å². The zero-order chi connectivity index (χ0) is 19.5. The van der Waals surface area contributed by atoms with E-state index in [1.54, 1.807) is 0 Å². The number of benzene rings is 2. The quantitative estimate of drug-likeness (QED) is 0.736. The van der Waals surface area contributed by atoms with E-state index in [2.05, 4.69) is 64.3 Å². The van der Waals surface area contributed by atoms with E-state index in [-0.39, 0.29) is 5.56 Å². The molecule has 3 aromatic rings. The van der Waals surface area contributed by atoms with Gasteiger partial charge in [0, 0.05) is 19.3 Å². The topological polar surface area (TPSA) is 66.3 Å². The number of hydrogen-bond acceptors (Lipinski definition) is 4. The second-order valence-electron chi connectivity index (χ2n) is 7.26. The number of aryl methyl sites for hydroxylation is 3. The molecule has 5 heteroatoms. The highest BCUT2D eigenvalue weighted by Gasteiger charge is 2.20. The first-order valence-corrected chi connectivity index (χ1v) is 9.56. The minimum Gasteiger partial charge on any atom is -0.478 e. The third kappa shape index (κ3) is 3.88. The van der Waals surface area contributed by atoms with Crippen molar-refractivity contribution in [2.45, 2.75) is 32.7 Å². The summed E-state index contributed by atoms with van der Waals surface area (Å²) in [6.45, 7) is 3.64. The Morgan fingerprint density at radius 1 is 1.07 bits per heavy atom. The second kappa shape index (κ2) is 7.80. The molecule has 1 aliphatic heterocycles. The van der Waals surface area contributed by atoms with E-state index in [0.29, 0.717) is 18.1 Å². The number of hydrogen-bond donors (Lipinski definition) is 1. The molecule has 142 valence electrons. The number of carbonyl (C=O) groups is 1. The molecule has 2 aromatic carbocycles. The minimum absolute atomic E-state index is 0.188. The molecule has 28 heavy (non-hydrogen) atoms. The number of anilines is 1. The van der Waals surface area contributed by atoms with Crippen LogP contribution in [0.4, 0.5) is 5.95 Å². The number of carboxylic acids is 1. The van der Waals surface area contributed by atoms with Crippen molar-refractivity contribution in [2.24, 2.45) is 0 Å². The van der Waals surface area contributed by atoms with Gasteiger partial charge in [-0.3, -0.25) is 0 Å². The first kappa shape index (κ1) is 18.2. The van der Waals surface area contributed by atoms with Crippen molar-refractivity contribution in [3.05, 3.63) is 88.2 Å². The molecule has 0 atom stereocenters. The summed E-state index contributed by atoms with van der Waals surface area (Å²) in [5, 5.41) is 9.54. The van der Waals surface area contributed by atoms with Gasteiger partial charge in [0.25, 0.3) is 0 Å². The van der Waals surface area contributed by atoms with Crippen molar-refractivity contribution < 1.29 is 9.90 Å². The number of fused-ring (bicyclic) bond motifs is 1. The predicted octanol–water partition coefficient (Wildman–Crippen LogP) is 3.83. The van der Waals surface area contributed by atoms with Crippen LogP contribution in [0.25, 0.3) is 0 Å². The predicted molar refractivity (Wildman–Crippen MR) is 109 cm³/mol. The number of aromatic carboxylic acids is 1. The fourth-order valence-corrected chi connectivity index (χ4v) is 3.61. The van der Waals surface area contributed by atoms with Gasteiger partial charge >= 0.3 is 5.97 Å². The maximum Gasteiger partial charge on any atom is 0.339 e. The van der Waals surface area contributed by atoms with Gasteiger partial charge in [0.05, 0.1) is 11.3 Å². The van der Waals surface area contributed by atoms with Gasteiger partial charge in [-0.25, -0.2) is 14.8 Å². The minimum atomic E-state index is -0.977. The fraction of sp³-hybridized carbons (Fsp3) is 0.261. The van der Waals surface area contributed by atoms with Crippen LogP contribution >= 0.6 is 0 Å². The van der Waals surface area contributed by atoms with E-state index in [9.17, 15) is 9.90 Å². The number of rotatable bonds is 5. The summed E-state index contributed by atoms with van der Waals surface area (Å²) in [6, 6.07) is 16.7. The molecule has 0 amide bonds. The lowest BCUT2D eigenvalue weighted by Crippen LogP contribution is -2.32. The van der Waals surface area contributed by atoms with Crippen LogP contribution in [0, 0.1) is 6.92 Å². The first-order chi connectivity index (χ1) is 13.6. The fourth-order valence-electron chi connectivity index (χ4n) is 3.61. The maximum atomic E-state index is 11.6. The summed E-state index contributed by atoms with van der Waals surface area (Å²) in [5.41, 5.74) is 5.81. The van der Waals surface area contributed by atoms with Crippen LogP contribution in [0.2, 0.25) is 0 Å². The van der Waals surface area contributed by atoms with Gasteiger partial charge in [-0.05, 0) is 42.9 Å². The van der Waals surface area contributed by atoms with Gasteiger partial charge in [-0.15, -0.1) is 0 Å². The van der Waals surface area contributed by atoms with Crippen molar-refractivity contribution >= 4 is 11.9 Å². The zero-order valence-corrected chi connectivity index (χ0v) is 15.9. The molecule has 0 spiro atoms. The molecule has 5 nitrogen and oxygen atoms in total. The van der Waals surface area contributed by atoms with Crippen molar-refractivity contribution in [3.8, 4) is 0 Å². The lowest BCUT2D eigenvalue weighted by atomic mass is 10.0. The molecule has 0 radical (unpaired) electrons. The van der Waals surface area contributed by atoms with E-state index < -0.39 is 5.97 Å². The third-order valence-corrected chi connectivity index (χ3v) is 5.27. The van der Waals surface area contributed by atoms with Crippen LogP contribution in [-0.2, 0) is 25.8 Å². The summed E-state index contributed by atoms with van der Waals surface area (Å²) in [7, 11) is 0. The van der Waals surface area contributed by atoms with Gasteiger partial charge < -0.3 is 10.0 Å². The number of carboxylic acid groups (broad SMARTS) is 1. The van der Waals surface area contributed by atoms with E-state index in [0.717, 1.165) is 25.9 Å². The standard InChI is InChI=1S/C23H23N3O2/c1-16-6-8-17(9-7-16)10-11-21-20(22(27)28)14-24-23(25-21)26-13-12-18-4-2-3-5-19(18)15-26/h2-9,14H,10-13,15H2,1H3,(H,27,28). The Morgan fingerprint density at radius 3 is 2.57 bits per heavy atom. The highest BCUT2D eigenvalue weighted by atomic mass is 16.4. The monoisotopic (exact) mass is 373 g/mol. The summed E-state index contributed by atoms with van der Waals surface area (Å²) in [6.07, 6.45) is 3.72. The van der Waals surface area contributed by atoms with E-state index in [4.69, 9.17) is 0 Å². The van der Waals surface area contributed by atoms with E-state index >= 15 is 0 Å². The molecule has 0 bridgehead atoms. The Hall–Kier alpha value is -3.21. The molecule has 0 saturated heterocycles. The van der Waals surface area contributed by atoms with Crippen LogP contribution in [0.3, 0.4) is 0 Å². The average Bonchev–Trinajstić information content (AvgIpc) is 2.72. The van der Waals surface area contributed by atoms with Crippen LogP contribution in [0.1, 0.15) is 38.3 Å². The summed E-state index contributed by atoms with van der Waals surface area (Å²) < 4.78 is 0. The largest absolute Gasteiger partial charge is 0.478 e. The molecule has 0 fully saturated rings. The Balaban J connectivity index is 1.57. The normalized spacial score (nSPS) is 13.2. The molecule has 0 aliphatic carbocycles. The molecule has 1 aromatic heterocycles. The Labute approximate surface area is 164 Å². The molecule has 0 unspecified atom stereocenters. The van der Waals surface area contributed by atoms with Crippen LogP contribution in [0.15, 0.2) is 54.7 Å². The highest BCUT2D eigenvalue weighted by molar-refractivity contribution is 5.88. The average molecular weight is 373 g/mol. The highest BCUT2D eigenvalue weighted by Crippen LogP contribution is 2.23. The summed E-state index contributed by atoms with van der Waals surface area (Å²) in [4.78, 5) is 22.8. The van der Waals surface area contributed by atoms with Gasteiger partial charge in [0.1, 0.15) is 0 Å². The van der Waals surface area contributed by atoms with Crippen molar-refractivity contribution in [2.75, 3.05) is 11.4 Å². The van der Waals surface area contributed by atoms with Gasteiger partial charge in [0.2, 0.25) is 5.95 Å². The van der Waals surface area contributed by atoms with Crippen molar-refractivity contribution in [3.63, 3.8) is 0 Å². The third-order valence-electron chi connectivity index (χ3n) is 5.27. The summed E-state index contributed by atoms with van der Waals surface area (Å²) >= 11 is 0. The van der Waals surface area contributed by atoms with Crippen LogP contribution < -0.4 is 4.90 Å². The lowest BCUT2D eigenvalue weighted by Gasteiger charge is -2.29. The molecular formula is C23H23N3O2. The maximum absolute atomic E-state index is 11.6. The van der Waals surface area contributed by atoms with Crippen LogP contribution in [0.5, 0.6) is 0 Å². The van der Waals surface area contributed by atoms with Gasteiger partial charge in [0.15, 0.2) is 0 Å². The Kier molecular flexibility index (Phi) is 5.06. The molecule has 2 heterocycles. The van der Waals surface area contributed by atoms with Crippen molar-refractivity contribution in [1.29, 1.82) is 0 Å². The number of nitrogens with zero attached hydrogens (tertiary/aromatic N) is 3.